The zero-order valence-corrected chi connectivity index (χ0v) is 12.9. The van der Waals surface area contributed by atoms with E-state index in [1.807, 2.05) is 0 Å². The van der Waals surface area contributed by atoms with E-state index in [2.05, 4.69) is 10.6 Å². The molecular weight excluding hydrogens is 294 g/mol. The van der Waals surface area contributed by atoms with Crippen LogP contribution in [-0.4, -0.2) is 51.9 Å². The van der Waals surface area contributed by atoms with Gasteiger partial charge in [0.15, 0.2) is 0 Å². The number of amides is 1. The highest BCUT2D eigenvalue weighted by atomic mass is 32.2. The molecule has 1 aromatic carbocycles. The fourth-order valence-electron chi connectivity index (χ4n) is 2.27. The third-order valence-corrected chi connectivity index (χ3v) is 5.19. The molecule has 1 amide bonds. The van der Waals surface area contributed by atoms with E-state index < -0.39 is 10.0 Å². The molecule has 0 radical (unpaired) electrons. The Morgan fingerprint density at radius 1 is 1.33 bits per heavy atom. The van der Waals surface area contributed by atoms with E-state index in [0.29, 0.717) is 18.8 Å². The van der Waals surface area contributed by atoms with Crippen LogP contribution in [0.25, 0.3) is 0 Å². The number of nitrogens with two attached hydrogens (primary N) is 1. The molecule has 0 bridgehead atoms. The number of piperazine rings is 1. The van der Waals surface area contributed by atoms with Crippen LogP contribution in [0.4, 0.5) is 5.69 Å². The molecule has 21 heavy (non-hydrogen) atoms. The van der Waals surface area contributed by atoms with Crippen LogP contribution in [0.2, 0.25) is 0 Å². The number of hydrogen-bond acceptors (Lipinski definition) is 4. The van der Waals surface area contributed by atoms with Crippen LogP contribution in [0.1, 0.15) is 6.92 Å². The SMILES string of the molecule is COc1ccc(NC(C)=O)cc1S(=O)(=O)N1CC[NH2+]CC1. The Hall–Kier alpha value is -1.64. The summed E-state index contributed by atoms with van der Waals surface area (Å²) in [7, 11) is -2.20. The van der Waals surface area contributed by atoms with Gasteiger partial charge in [0, 0.05) is 12.6 Å². The number of carbonyl (C=O) groups excluding carboxylic acids is 1. The lowest BCUT2D eigenvalue weighted by Crippen LogP contribution is -2.89. The van der Waals surface area contributed by atoms with Crippen LogP contribution in [-0.2, 0) is 14.8 Å². The van der Waals surface area contributed by atoms with Crippen molar-refractivity contribution in [1.29, 1.82) is 0 Å². The van der Waals surface area contributed by atoms with Crippen molar-refractivity contribution in [3.8, 4) is 5.75 Å². The maximum atomic E-state index is 12.7. The van der Waals surface area contributed by atoms with Crippen LogP contribution in [0.15, 0.2) is 23.1 Å². The fourth-order valence-corrected chi connectivity index (χ4v) is 3.92. The molecular formula is C13H20N3O4S+. The summed E-state index contributed by atoms with van der Waals surface area (Å²) in [5.74, 6) is 0.0229. The largest absolute Gasteiger partial charge is 0.495 e. The Morgan fingerprint density at radius 2 is 2.00 bits per heavy atom. The van der Waals surface area contributed by atoms with E-state index in [1.54, 1.807) is 12.1 Å². The molecule has 0 spiro atoms. The minimum absolute atomic E-state index is 0.0816. The van der Waals surface area contributed by atoms with Gasteiger partial charge in [-0.25, -0.2) is 8.42 Å². The van der Waals surface area contributed by atoms with Gasteiger partial charge in [-0.05, 0) is 18.2 Å². The fraction of sp³-hybridized carbons (Fsp3) is 0.462. The number of methoxy groups -OCH3 is 1. The molecule has 0 unspecified atom stereocenters. The van der Waals surface area contributed by atoms with Gasteiger partial charge < -0.3 is 15.4 Å². The van der Waals surface area contributed by atoms with Crippen molar-refractivity contribution in [3.63, 3.8) is 0 Å². The average molecular weight is 314 g/mol. The van der Waals surface area contributed by atoms with Gasteiger partial charge in [0.05, 0.1) is 33.3 Å². The predicted octanol–water partition coefficient (Wildman–Crippen LogP) is -0.779. The number of benzene rings is 1. The first-order chi connectivity index (χ1) is 9.95. The zero-order valence-electron chi connectivity index (χ0n) is 12.1. The quantitative estimate of drug-likeness (QED) is 0.763. The topological polar surface area (TPSA) is 92.3 Å². The number of quaternary nitrogens is 1. The third-order valence-electron chi connectivity index (χ3n) is 3.27. The van der Waals surface area contributed by atoms with E-state index >= 15 is 0 Å². The van der Waals surface area contributed by atoms with Gasteiger partial charge >= 0.3 is 0 Å². The van der Waals surface area contributed by atoms with Crippen molar-refractivity contribution in [2.45, 2.75) is 11.8 Å². The van der Waals surface area contributed by atoms with Gasteiger partial charge in [-0.3, -0.25) is 4.79 Å². The summed E-state index contributed by atoms with van der Waals surface area (Å²) in [5.41, 5.74) is 0.436. The van der Waals surface area contributed by atoms with Crippen molar-refractivity contribution < 1.29 is 23.3 Å². The molecule has 2 rings (SSSR count). The summed E-state index contributed by atoms with van der Waals surface area (Å²) >= 11 is 0. The number of anilines is 1. The van der Waals surface area contributed by atoms with Crippen LogP contribution >= 0.6 is 0 Å². The smallest absolute Gasteiger partial charge is 0.247 e. The van der Waals surface area contributed by atoms with Gasteiger partial charge in [0.2, 0.25) is 15.9 Å². The number of ether oxygens (including phenoxy) is 1. The highest BCUT2D eigenvalue weighted by molar-refractivity contribution is 7.89. The summed E-state index contributed by atoms with van der Waals surface area (Å²) in [6.07, 6.45) is 0. The first-order valence-electron chi connectivity index (χ1n) is 6.72. The molecule has 1 heterocycles. The Morgan fingerprint density at radius 3 is 2.57 bits per heavy atom. The van der Waals surface area contributed by atoms with Crippen LogP contribution in [0.3, 0.4) is 0 Å². The molecule has 0 aliphatic carbocycles. The van der Waals surface area contributed by atoms with Crippen LogP contribution in [0, 0.1) is 0 Å². The maximum Gasteiger partial charge on any atom is 0.247 e. The highest BCUT2D eigenvalue weighted by Crippen LogP contribution is 2.29. The summed E-state index contributed by atoms with van der Waals surface area (Å²) in [5, 5.41) is 4.67. The van der Waals surface area contributed by atoms with Gasteiger partial charge in [-0.15, -0.1) is 0 Å². The zero-order chi connectivity index (χ0) is 15.5. The predicted molar refractivity (Wildman–Crippen MR) is 77.7 cm³/mol. The van der Waals surface area contributed by atoms with Crippen molar-refractivity contribution in [3.05, 3.63) is 18.2 Å². The molecule has 1 aliphatic rings. The molecule has 8 heteroatoms. The molecule has 3 N–H and O–H groups in total. The molecule has 1 saturated heterocycles. The van der Waals surface area contributed by atoms with Crippen molar-refractivity contribution in [1.82, 2.24) is 4.31 Å². The lowest BCUT2D eigenvalue weighted by molar-refractivity contribution is -0.661. The summed E-state index contributed by atoms with van der Waals surface area (Å²) < 4.78 is 32.1. The van der Waals surface area contributed by atoms with Crippen molar-refractivity contribution >= 4 is 21.6 Å². The Balaban J connectivity index is 2.41. The van der Waals surface area contributed by atoms with Crippen LogP contribution in [0.5, 0.6) is 5.75 Å². The molecule has 0 saturated carbocycles. The molecule has 0 aromatic heterocycles. The first-order valence-corrected chi connectivity index (χ1v) is 8.16. The Kier molecular flexibility index (Phi) is 4.81. The van der Waals surface area contributed by atoms with Crippen LogP contribution < -0.4 is 15.4 Å². The monoisotopic (exact) mass is 314 g/mol. The number of nitrogens with zero attached hydrogens (tertiary/aromatic N) is 1. The lowest BCUT2D eigenvalue weighted by Gasteiger charge is -2.25. The summed E-state index contributed by atoms with van der Waals surface area (Å²) in [6.45, 7) is 3.80. The second kappa shape index (κ2) is 6.42. The average Bonchev–Trinajstić information content (AvgIpc) is 2.47. The minimum atomic E-state index is -3.63. The Labute approximate surface area is 124 Å². The van der Waals surface area contributed by atoms with Gasteiger partial charge in [-0.1, -0.05) is 0 Å². The molecule has 0 atom stereocenters. The van der Waals surface area contributed by atoms with E-state index in [9.17, 15) is 13.2 Å². The van der Waals surface area contributed by atoms with E-state index in [0.717, 1.165) is 13.1 Å². The maximum absolute atomic E-state index is 12.7. The summed E-state index contributed by atoms with van der Waals surface area (Å²) in [6, 6.07) is 4.60. The van der Waals surface area contributed by atoms with Gasteiger partial charge in [-0.2, -0.15) is 4.31 Å². The van der Waals surface area contributed by atoms with E-state index in [1.165, 1.54) is 24.4 Å². The lowest BCUT2D eigenvalue weighted by atomic mass is 10.3. The molecule has 7 nitrogen and oxygen atoms in total. The van der Waals surface area contributed by atoms with E-state index in [-0.39, 0.29) is 16.6 Å². The summed E-state index contributed by atoms with van der Waals surface area (Å²) in [4.78, 5) is 11.2. The number of hydrogen-bond donors (Lipinski definition) is 2. The molecule has 1 fully saturated rings. The van der Waals surface area contributed by atoms with Crippen molar-refractivity contribution in [2.24, 2.45) is 0 Å². The Bertz CT molecular complexity index is 624. The second-order valence-electron chi connectivity index (χ2n) is 4.82. The minimum Gasteiger partial charge on any atom is -0.495 e. The number of rotatable bonds is 4. The second-order valence-corrected chi connectivity index (χ2v) is 6.72. The number of nitrogens with one attached hydrogen (secondary N) is 1. The number of sulfonamides is 1. The molecule has 1 aromatic rings. The number of carbonyl (C=O) groups is 1. The third kappa shape index (κ3) is 3.52. The normalized spacial score (nSPS) is 16.5. The molecule has 1 aliphatic heterocycles. The first kappa shape index (κ1) is 15.7. The molecule has 116 valence electrons. The highest BCUT2D eigenvalue weighted by Gasteiger charge is 2.30. The van der Waals surface area contributed by atoms with Gasteiger partial charge in [0.1, 0.15) is 10.6 Å². The van der Waals surface area contributed by atoms with Crippen molar-refractivity contribution in [2.75, 3.05) is 38.6 Å². The standard InChI is InChI=1S/C13H19N3O4S/c1-10(17)15-11-3-4-12(20-2)13(9-11)21(18,19)16-7-5-14-6-8-16/h3-4,9,14H,5-8H2,1-2H3,(H,15,17)/p+1. The van der Waals surface area contributed by atoms with E-state index in [4.69, 9.17) is 4.74 Å². The van der Waals surface area contributed by atoms with Gasteiger partial charge in [0.25, 0.3) is 0 Å².